The van der Waals surface area contributed by atoms with E-state index in [4.69, 9.17) is 0 Å². The fraction of sp³-hybridized carbons (Fsp3) is 0.125. The van der Waals surface area contributed by atoms with E-state index in [2.05, 4.69) is 10.3 Å². The lowest BCUT2D eigenvalue weighted by molar-refractivity contribution is -0.385. The highest BCUT2D eigenvalue weighted by Crippen LogP contribution is 2.33. The number of nitro benzene ring substituents is 2. The Morgan fingerprint density at radius 2 is 1.53 bits per heavy atom. The number of amides is 2. The number of H-pyrrole nitrogens is 1. The van der Waals surface area contributed by atoms with Crippen molar-refractivity contribution < 1.29 is 19.4 Å². The molecule has 43 heavy (non-hydrogen) atoms. The summed E-state index contributed by atoms with van der Waals surface area (Å²) < 4.78 is 0. The Kier molecular flexibility index (Phi) is 8.24. The molecule has 0 saturated heterocycles. The monoisotopic (exact) mass is 577 g/mol. The number of aromatic nitrogens is 1. The Morgan fingerprint density at radius 3 is 2.26 bits per heavy atom. The van der Waals surface area contributed by atoms with E-state index in [-0.39, 0.29) is 35.0 Å². The normalized spacial score (nSPS) is 11.6. The second-order valence-corrected chi connectivity index (χ2v) is 10.0. The summed E-state index contributed by atoms with van der Waals surface area (Å²) in [5.74, 6) is -1.08. The summed E-state index contributed by atoms with van der Waals surface area (Å²) in [6.07, 6.45) is 2.26. The molecule has 216 valence electrons. The molecule has 0 radical (unpaired) electrons. The molecule has 2 amide bonds. The Balaban J connectivity index is 1.56. The van der Waals surface area contributed by atoms with Gasteiger partial charge in [0.1, 0.15) is 6.04 Å². The van der Waals surface area contributed by atoms with E-state index < -0.39 is 21.8 Å². The van der Waals surface area contributed by atoms with Crippen molar-refractivity contribution in [2.24, 2.45) is 0 Å². The van der Waals surface area contributed by atoms with Crippen molar-refractivity contribution in [2.75, 3.05) is 10.2 Å². The molecular weight excluding hydrogens is 550 g/mol. The van der Waals surface area contributed by atoms with Crippen LogP contribution in [0.2, 0.25) is 0 Å². The van der Waals surface area contributed by atoms with E-state index in [9.17, 15) is 29.8 Å². The molecule has 5 rings (SSSR count). The van der Waals surface area contributed by atoms with Crippen molar-refractivity contribution >= 4 is 45.5 Å². The maximum Gasteiger partial charge on any atom is 0.271 e. The van der Waals surface area contributed by atoms with Gasteiger partial charge in [-0.3, -0.25) is 34.7 Å². The summed E-state index contributed by atoms with van der Waals surface area (Å²) in [5.41, 5.74) is 3.09. The van der Waals surface area contributed by atoms with Crippen LogP contribution in [-0.4, -0.2) is 26.6 Å². The smallest absolute Gasteiger partial charge is 0.271 e. The minimum absolute atomic E-state index is 0.0330. The molecule has 11 heteroatoms. The standard InChI is InChI=1S/C32H27N5O6/c1-21-12-15-25(16-13-21)35(30(38)17-14-23-20-33-29-11-3-2-10-28(23)29)31(22-6-4-8-26(18-22)36(40)41)32(39)34-24-7-5-9-27(19-24)37(42)43/h2-13,15-16,18-20,31,33H,14,17H2,1H3,(H,34,39)/t31-/m0/s1. The molecule has 0 aliphatic heterocycles. The quantitative estimate of drug-likeness (QED) is 0.140. The van der Waals surface area contributed by atoms with Crippen molar-refractivity contribution in [3.05, 3.63) is 140 Å². The van der Waals surface area contributed by atoms with Gasteiger partial charge in [0.05, 0.1) is 9.85 Å². The van der Waals surface area contributed by atoms with Crippen LogP contribution in [0.1, 0.15) is 29.2 Å². The largest absolute Gasteiger partial charge is 0.361 e. The molecule has 1 atom stereocenters. The van der Waals surface area contributed by atoms with Gasteiger partial charge in [-0.1, -0.05) is 54.1 Å². The lowest BCUT2D eigenvalue weighted by Gasteiger charge is -2.31. The SMILES string of the molecule is Cc1ccc(N(C(=O)CCc2c[nH]c3ccccc23)[C@H](C(=O)Nc2cccc([N+](=O)[O-])c2)c2cccc([N+](=O)[O-])c2)cc1. The highest BCUT2D eigenvalue weighted by molar-refractivity contribution is 6.05. The van der Waals surface area contributed by atoms with E-state index >= 15 is 0 Å². The molecule has 0 aliphatic rings. The molecule has 5 aromatic rings. The summed E-state index contributed by atoms with van der Waals surface area (Å²) >= 11 is 0. The van der Waals surface area contributed by atoms with E-state index in [1.165, 1.54) is 47.4 Å². The van der Waals surface area contributed by atoms with Crippen LogP contribution in [0.25, 0.3) is 10.9 Å². The maximum absolute atomic E-state index is 14.1. The van der Waals surface area contributed by atoms with E-state index in [0.717, 1.165) is 22.0 Å². The van der Waals surface area contributed by atoms with Crippen molar-refractivity contribution in [1.29, 1.82) is 0 Å². The molecule has 2 N–H and O–H groups in total. The number of non-ortho nitro benzene ring substituents is 2. The molecule has 0 unspecified atom stereocenters. The van der Waals surface area contributed by atoms with Crippen LogP contribution in [0.15, 0.2) is 103 Å². The molecule has 0 fully saturated rings. The number of carbonyl (C=O) groups is 2. The van der Waals surface area contributed by atoms with Gasteiger partial charge in [-0.2, -0.15) is 0 Å². The number of nitrogens with one attached hydrogen (secondary N) is 2. The second-order valence-electron chi connectivity index (χ2n) is 10.0. The summed E-state index contributed by atoms with van der Waals surface area (Å²) in [6.45, 7) is 1.89. The van der Waals surface area contributed by atoms with Crippen molar-refractivity contribution in [2.45, 2.75) is 25.8 Å². The first-order valence-corrected chi connectivity index (χ1v) is 13.4. The van der Waals surface area contributed by atoms with Gasteiger partial charge >= 0.3 is 0 Å². The maximum atomic E-state index is 14.1. The zero-order valence-corrected chi connectivity index (χ0v) is 23.1. The summed E-state index contributed by atoms with van der Waals surface area (Å²) in [6, 6.07) is 24.4. The highest BCUT2D eigenvalue weighted by atomic mass is 16.6. The number of fused-ring (bicyclic) bond motifs is 1. The number of rotatable bonds is 10. The summed E-state index contributed by atoms with van der Waals surface area (Å²) in [5, 5.41) is 26.6. The van der Waals surface area contributed by atoms with Gasteiger partial charge in [0.25, 0.3) is 17.3 Å². The predicted molar refractivity (Wildman–Crippen MR) is 163 cm³/mol. The van der Waals surface area contributed by atoms with Crippen LogP contribution in [0, 0.1) is 27.2 Å². The molecule has 1 heterocycles. The third kappa shape index (κ3) is 6.41. The van der Waals surface area contributed by atoms with Crippen molar-refractivity contribution in [3.8, 4) is 0 Å². The predicted octanol–water partition coefficient (Wildman–Crippen LogP) is 6.64. The van der Waals surface area contributed by atoms with Gasteiger partial charge in [-0.05, 0) is 48.7 Å². The third-order valence-corrected chi connectivity index (χ3v) is 7.09. The Bertz CT molecular complexity index is 1830. The van der Waals surface area contributed by atoms with Gasteiger partial charge in [0.2, 0.25) is 5.91 Å². The highest BCUT2D eigenvalue weighted by Gasteiger charge is 2.34. The van der Waals surface area contributed by atoms with E-state index in [1.807, 2.05) is 37.4 Å². The molecule has 1 aromatic heterocycles. The van der Waals surface area contributed by atoms with Crippen molar-refractivity contribution in [1.82, 2.24) is 4.98 Å². The average Bonchev–Trinajstić information content (AvgIpc) is 3.42. The van der Waals surface area contributed by atoms with E-state index in [1.54, 1.807) is 30.3 Å². The van der Waals surface area contributed by atoms with Gasteiger partial charge < -0.3 is 10.3 Å². The number of para-hydroxylation sites is 1. The minimum Gasteiger partial charge on any atom is -0.361 e. The third-order valence-electron chi connectivity index (χ3n) is 7.09. The number of nitrogens with zero attached hydrogens (tertiary/aromatic N) is 3. The second kappa shape index (κ2) is 12.4. The lowest BCUT2D eigenvalue weighted by atomic mass is 10.0. The van der Waals surface area contributed by atoms with Crippen molar-refractivity contribution in [3.63, 3.8) is 0 Å². The molecule has 0 aliphatic carbocycles. The average molecular weight is 578 g/mol. The number of hydrogen-bond acceptors (Lipinski definition) is 6. The molecule has 0 bridgehead atoms. The fourth-order valence-electron chi connectivity index (χ4n) is 4.98. The number of aromatic amines is 1. The number of anilines is 2. The zero-order valence-electron chi connectivity index (χ0n) is 23.1. The Hall–Kier alpha value is -5.84. The Labute approximate surface area is 246 Å². The lowest BCUT2D eigenvalue weighted by Crippen LogP contribution is -2.41. The summed E-state index contributed by atoms with van der Waals surface area (Å²) in [4.78, 5) is 54.5. The molecule has 4 aromatic carbocycles. The van der Waals surface area contributed by atoms with Gasteiger partial charge in [0, 0.05) is 59.2 Å². The van der Waals surface area contributed by atoms with Crippen LogP contribution in [0.4, 0.5) is 22.7 Å². The first-order chi connectivity index (χ1) is 20.7. The number of aryl methyl sites for hydroxylation is 2. The minimum atomic E-state index is -1.34. The molecule has 0 spiro atoms. The van der Waals surface area contributed by atoms with E-state index in [0.29, 0.717) is 12.1 Å². The first-order valence-electron chi connectivity index (χ1n) is 13.4. The van der Waals surface area contributed by atoms with Crippen LogP contribution < -0.4 is 10.2 Å². The van der Waals surface area contributed by atoms with Gasteiger partial charge in [-0.25, -0.2) is 0 Å². The molecule has 0 saturated carbocycles. The van der Waals surface area contributed by atoms with Gasteiger partial charge in [0.15, 0.2) is 0 Å². The van der Waals surface area contributed by atoms with Crippen LogP contribution in [-0.2, 0) is 16.0 Å². The topological polar surface area (TPSA) is 151 Å². The molecular formula is C32H27N5O6. The number of carbonyl (C=O) groups excluding carboxylic acids is 2. The number of benzene rings is 4. The molecule has 11 nitrogen and oxygen atoms in total. The van der Waals surface area contributed by atoms with Gasteiger partial charge in [-0.15, -0.1) is 0 Å². The number of hydrogen-bond donors (Lipinski definition) is 2. The first kappa shape index (κ1) is 28.7. The zero-order chi connectivity index (χ0) is 30.5. The van der Waals surface area contributed by atoms with Crippen LogP contribution in [0.3, 0.4) is 0 Å². The van der Waals surface area contributed by atoms with Crippen LogP contribution >= 0.6 is 0 Å². The van der Waals surface area contributed by atoms with Crippen LogP contribution in [0.5, 0.6) is 0 Å². The Morgan fingerprint density at radius 1 is 0.860 bits per heavy atom. The number of nitro groups is 2. The summed E-state index contributed by atoms with van der Waals surface area (Å²) in [7, 11) is 0. The fourth-order valence-corrected chi connectivity index (χ4v) is 4.98.